The Morgan fingerprint density at radius 2 is 1.58 bits per heavy atom. The van der Waals surface area contributed by atoms with Gasteiger partial charge in [0.1, 0.15) is 0 Å². The molecule has 0 radical (unpaired) electrons. The van der Waals surface area contributed by atoms with Crippen LogP contribution in [-0.4, -0.2) is 30.3 Å². The maximum Gasteiger partial charge on any atom is 0.338 e. The van der Waals surface area contributed by atoms with Gasteiger partial charge in [-0.1, -0.05) is 45.9 Å². The lowest BCUT2D eigenvalue weighted by Gasteiger charge is -2.27. The van der Waals surface area contributed by atoms with Crippen molar-refractivity contribution in [2.75, 3.05) is 16.9 Å². The second-order valence-electron chi connectivity index (χ2n) is 8.56. The Balaban J connectivity index is 1.63. The average molecular weight is 452 g/mol. The molecule has 1 aliphatic rings. The van der Waals surface area contributed by atoms with E-state index in [2.05, 4.69) is 38.4 Å². The summed E-state index contributed by atoms with van der Waals surface area (Å²) in [5, 5.41) is 4.07. The zero-order chi connectivity index (χ0) is 24.1. The quantitative estimate of drug-likeness (QED) is 0.622. The van der Waals surface area contributed by atoms with Crippen LogP contribution in [-0.2, 0) is 19.1 Å². The van der Waals surface area contributed by atoms with Gasteiger partial charge in [-0.25, -0.2) is 9.80 Å². The summed E-state index contributed by atoms with van der Waals surface area (Å²) >= 11 is 0. The summed E-state index contributed by atoms with van der Waals surface area (Å²) in [6.45, 7) is 7.80. The molecule has 2 N–H and O–H groups in total. The number of anilines is 2. The Labute approximate surface area is 193 Å². The number of nitrogens with one attached hydrogen (secondary N) is 2. The highest BCUT2D eigenvalue weighted by atomic mass is 16.5. The number of amides is 3. The third-order valence-electron chi connectivity index (χ3n) is 5.38. The van der Waals surface area contributed by atoms with Crippen molar-refractivity contribution in [3.05, 3.63) is 59.2 Å². The van der Waals surface area contributed by atoms with Crippen molar-refractivity contribution in [3.63, 3.8) is 0 Å². The maximum absolute atomic E-state index is 12.6. The number of carbonyl (C=O) groups is 4. The van der Waals surface area contributed by atoms with Crippen molar-refractivity contribution in [1.29, 1.82) is 0 Å². The highest BCUT2D eigenvalue weighted by Gasteiger charge is 2.24. The van der Waals surface area contributed by atoms with Crippen molar-refractivity contribution >= 4 is 35.1 Å². The van der Waals surface area contributed by atoms with Crippen LogP contribution in [0.1, 0.15) is 73.9 Å². The third-order valence-corrected chi connectivity index (χ3v) is 5.38. The number of rotatable bonds is 7. The lowest BCUT2D eigenvalue weighted by molar-refractivity contribution is -0.130. The van der Waals surface area contributed by atoms with Crippen LogP contribution in [0.3, 0.4) is 0 Å². The summed E-state index contributed by atoms with van der Waals surface area (Å²) < 4.78 is 5.19. The number of hydrazine groups is 1. The molecule has 8 nitrogen and oxygen atoms in total. The van der Waals surface area contributed by atoms with Crippen molar-refractivity contribution < 1.29 is 23.9 Å². The fourth-order valence-electron chi connectivity index (χ4n) is 3.62. The van der Waals surface area contributed by atoms with Crippen LogP contribution in [0.25, 0.3) is 0 Å². The summed E-state index contributed by atoms with van der Waals surface area (Å²) in [5.41, 5.74) is 5.98. The molecule has 0 aromatic heterocycles. The van der Waals surface area contributed by atoms with E-state index >= 15 is 0 Å². The van der Waals surface area contributed by atoms with Gasteiger partial charge in [0.25, 0.3) is 5.91 Å². The van der Waals surface area contributed by atoms with E-state index in [0.717, 1.165) is 21.8 Å². The highest BCUT2D eigenvalue weighted by Crippen LogP contribution is 2.32. The molecular formula is C25H29N3O5. The Morgan fingerprint density at radius 3 is 2.15 bits per heavy atom. The smallest absolute Gasteiger partial charge is 0.338 e. The van der Waals surface area contributed by atoms with Gasteiger partial charge in [0.15, 0.2) is 6.61 Å². The SMILES string of the molecule is CC(C)c1cccc(C(C)C)c1NC(=O)COC(=O)c1ccc(N2NC(=O)CCC2=O)cc1. The van der Waals surface area contributed by atoms with Crippen molar-refractivity contribution in [2.45, 2.75) is 52.4 Å². The first-order chi connectivity index (χ1) is 15.7. The number of hydrogen-bond acceptors (Lipinski definition) is 5. The van der Waals surface area contributed by atoms with Crippen LogP contribution in [0.2, 0.25) is 0 Å². The molecule has 0 saturated carbocycles. The summed E-state index contributed by atoms with van der Waals surface area (Å²) in [4.78, 5) is 48.5. The molecule has 174 valence electrons. The molecule has 3 rings (SSSR count). The van der Waals surface area contributed by atoms with Crippen molar-refractivity contribution in [2.24, 2.45) is 0 Å². The normalized spacial score (nSPS) is 13.8. The highest BCUT2D eigenvalue weighted by molar-refractivity contribution is 6.01. The molecule has 0 unspecified atom stereocenters. The second-order valence-corrected chi connectivity index (χ2v) is 8.56. The first-order valence-corrected chi connectivity index (χ1v) is 11.0. The molecule has 2 aromatic carbocycles. The first kappa shape index (κ1) is 24.0. The molecule has 1 aliphatic heterocycles. The minimum Gasteiger partial charge on any atom is -0.452 e. The molecule has 1 saturated heterocycles. The Bertz CT molecular complexity index is 1030. The zero-order valence-corrected chi connectivity index (χ0v) is 19.3. The van der Waals surface area contributed by atoms with Gasteiger partial charge in [-0.05, 0) is 47.2 Å². The summed E-state index contributed by atoms with van der Waals surface area (Å²) in [5.74, 6) is -1.12. The molecule has 0 spiro atoms. The lowest BCUT2D eigenvalue weighted by atomic mass is 9.92. The van der Waals surface area contributed by atoms with Crippen molar-refractivity contribution in [3.8, 4) is 0 Å². The van der Waals surface area contributed by atoms with Gasteiger partial charge < -0.3 is 10.1 Å². The van der Waals surface area contributed by atoms with Gasteiger partial charge in [-0.3, -0.25) is 19.8 Å². The molecule has 8 heteroatoms. The predicted octanol–water partition coefficient (Wildman–Crippen LogP) is 3.89. The largest absolute Gasteiger partial charge is 0.452 e. The van der Waals surface area contributed by atoms with E-state index in [9.17, 15) is 19.2 Å². The maximum atomic E-state index is 12.6. The molecule has 0 atom stereocenters. The molecule has 33 heavy (non-hydrogen) atoms. The number of carbonyl (C=O) groups excluding carboxylic acids is 4. The fourth-order valence-corrected chi connectivity index (χ4v) is 3.62. The fraction of sp³-hybridized carbons (Fsp3) is 0.360. The Morgan fingerprint density at radius 1 is 0.970 bits per heavy atom. The van der Waals surface area contributed by atoms with Crippen LogP contribution in [0.4, 0.5) is 11.4 Å². The number of para-hydroxylation sites is 1. The number of esters is 1. The lowest BCUT2D eigenvalue weighted by Crippen LogP contribution is -2.50. The van der Waals surface area contributed by atoms with Crippen LogP contribution >= 0.6 is 0 Å². The number of hydrogen-bond donors (Lipinski definition) is 2. The van der Waals surface area contributed by atoms with E-state index < -0.39 is 18.5 Å². The van der Waals surface area contributed by atoms with E-state index in [0.29, 0.717) is 5.69 Å². The van der Waals surface area contributed by atoms with Gasteiger partial charge in [0.2, 0.25) is 11.8 Å². The molecule has 2 aromatic rings. The van der Waals surface area contributed by atoms with E-state index in [1.54, 1.807) is 0 Å². The number of benzene rings is 2. The van der Waals surface area contributed by atoms with Gasteiger partial charge in [0, 0.05) is 18.5 Å². The van der Waals surface area contributed by atoms with Crippen LogP contribution < -0.4 is 15.8 Å². The van der Waals surface area contributed by atoms with Crippen LogP contribution in [0.15, 0.2) is 42.5 Å². The third kappa shape index (κ3) is 5.77. The number of ether oxygens (including phenoxy) is 1. The summed E-state index contributed by atoms with van der Waals surface area (Å²) in [7, 11) is 0. The minimum absolute atomic E-state index is 0.128. The molecular weight excluding hydrogens is 422 g/mol. The topological polar surface area (TPSA) is 105 Å². The molecule has 0 bridgehead atoms. The van der Waals surface area contributed by atoms with E-state index in [4.69, 9.17) is 4.74 Å². The molecule has 1 fully saturated rings. The Kier molecular flexibility index (Phi) is 7.48. The van der Waals surface area contributed by atoms with Gasteiger partial charge >= 0.3 is 5.97 Å². The minimum atomic E-state index is -0.660. The Hall–Kier alpha value is -3.68. The van der Waals surface area contributed by atoms with E-state index in [1.165, 1.54) is 24.3 Å². The van der Waals surface area contributed by atoms with E-state index in [1.807, 2.05) is 18.2 Å². The van der Waals surface area contributed by atoms with Crippen LogP contribution in [0.5, 0.6) is 0 Å². The predicted molar refractivity (Wildman–Crippen MR) is 125 cm³/mol. The molecule has 0 aliphatic carbocycles. The van der Waals surface area contributed by atoms with Crippen LogP contribution in [0, 0.1) is 0 Å². The second kappa shape index (κ2) is 10.3. The summed E-state index contributed by atoms with van der Waals surface area (Å²) in [6, 6.07) is 12.0. The van der Waals surface area contributed by atoms with Gasteiger partial charge in [0.05, 0.1) is 11.3 Å². The average Bonchev–Trinajstić information content (AvgIpc) is 2.79. The van der Waals surface area contributed by atoms with E-state index in [-0.39, 0.29) is 42.1 Å². The standard InChI is InChI=1S/C25H29N3O5/c1-15(2)19-6-5-7-20(16(3)4)24(19)26-22(30)14-33-25(32)17-8-10-18(11-9-17)28-23(31)13-12-21(29)27-28/h5-11,15-16H,12-14H2,1-4H3,(H,26,30)(H,27,29). The monoisotopic (exact) mass is 451 g/mol. The van der Waals surface area contributed by atoms with Gasteiger partial charge in [-0.2, -0.15) is 0 Å². The number of nitrogens with zero attached hydrogens (tertiary/aromatic N) is 1. The molecule has 1 heterocycles. The zero-order valence-electron chi connectivity index (χ0n) is 19.3. The molecule has 3 amide bonds. The first-order valence-electron chi connectivity index (χ1n) is 11.0. The van der Waals surface area contributed by atoms with Gasteiger partial charge in [-0.15, -0.1) is 0 Å². The summed E-state index contributed by atoms with van der Waals surface area (Å²) in [6.07, 6.45) is 0.283. The van der Waals surface area contributed by atoms with Crippen molar-refractivity contribution in [1.82, 2.24) is 5.43 Å².